The number of nitrogens with zero attached hydrogens (tertiary/aromatic N) is 1. The largest absolute Gasteiger partial charge is 0.319 e. The number of benzene rings is 1. The maximum Gasteiger partial charge on any atom is 0.0991 e. The summed E-state index contributed by atoms with van der Waals surface area (Å²) < 4.78 is 0. The maximum absolute atomic E-state index is 8.78. The number of aryl methyl sites for hydroxylation is 1. The molecule has 0 aliphatic rings. The van der Waals surface area contributed by atoms with E-state index < -0.39 is 0 Å². The van der Waals surface area contributed by atoms with Crippen LogP contribution in [0, 0.1) is 18.3 Å². The lowest BCUT2D eigenvalue weighted by molar-refractivity contribution is 0.809. The maximum atomic E-state index is 8.78. The highest BCUT2D eigenvalue weighted by molar-refractivity contribution is 5.56. The van der Waals surface area contributed by atoms with Crippen LogP contribution in [0.25, 0.3) is 6.08 Å². The highest BCUT2D eigenvalue weighted by atomic mass is 14.8. The molecule has 0 saturated heterocycles. The van der Waals surface area contributed by atoms with Crippen LogP contribution in [0.5, 0.6) is 0 Å². The number of hydrogen-bond acceptors (Lipinski definition) is 2. The molecule has 0 bridgehead atoms. The van der Waals surface area contributed by atoms with Gasteiger partial charge in [-0.05, 0) is 50.2 Å². The van der Waals surface area contributed by atoms with E-state index in [9.17, 15) is 0 Å². The Bertz CT molecular complexity index is 386. The van der Waals surface area contributed by atoms with E-state index in [0.29, 0.717) is 5.56 Å². The van der Waals surface area contributed by atoms with Crippen LogP contribution in [-0.4, -0.2) is 13.6 Å². The van der Waals surface area contributed by atoms with E-state index in [1.807, 2.05) is 25.2 Å². The molecule has 1 aromatic carbocycles. The van der Waals surface area contributed by atoms with Gasteiger partial charge in [0.1, 0.15) is 0 Å². The van der Waals surface area contributed by atoms with Crippen molar-refractivity contribution in [2.75, 3.05) is 13.6 Å². The summed E-state index contributed by atoms with van der Waals surface area (Å²) in [5.74, 6) is 0. The van der Waals surface area contributed by atoms with Crippen LogP contribution < -0.4 is 5.32 Å². The van der Waals surface area contributed by atoms with Gasteiger partial charge in [-0.3, -0.25) is 0 Å². The molecule has 78 valence electrons. The lowest BCUT2D eigenvalue weighted by atomic mass is 10.0. The molecule has 0 unspecified atom stereocenters. The Morgan fingerprint density at radius 3 is 2.93 bits per heavy atom. The zero-order valence-corrected chi connectivity index (χ0v) is 9.25. The van der Waals surface area contributed by atoms with E-state index >= 15 is 0 Å². The van der Waals surface area contributed by atoms with Crippen LogP contribution >= 0.6 is 0 Å². The molecule has 0 aliphatic heterocycles. The van der Waals surface area contributed by atoms with Gasteiger partial charge in [-0.1, -0.05) is 18.2 Å². The van der Waals surface area contributed by atoms with Crippen LogP contribution in [0.2, 0.25) is 0 Å². The van der Waals surface area contributed by atoms with Gasteiger partial charge in [-0.15, -0.1) is 0 Å². The van der Waals surface area contributed by atoms with Gasteiger partial charge in [-0.25, -0.2) is 0 Å². The number of hydrogen-bond donors (Lipinski definition) is 1. The molecule has 0 fully saturated rings. The zero-order chi connectivity index (χ0) is 11.1. The summed E-state index contributed by atoms with van der Waals surface area (Å²) in [6, 6.07) is 7.90. The second-order valence-corrected chi connectivity index (χ2v) is 3.48. The lowest BCUT2D eigenvalue weighted by Gasteiger charge is -2.00. The Morgan fingerprint density at radius 1 is 1.47 bits per heavy atom. The SMILES string of the molecule is CNCCC=Cc1cc(C#N)ccc1C. The van der Waals surface area contributed by atoms with Gasteiger partial charge < -0.3 is 5.32 Å². The topological polar surface area (TPSA) is 35.8 Å². The van der Waals surface area contributed by atoms with E-state index in [2.05, 4.69) is 30.5 Å². The van der Waals surface area contributed by atoms with E-state index in [1.165, 1.54) is 5.56 Å². The van der Waals surface area contributed by atoms with Crippen molar-refractivity contribution in [3.63, 3.8) is 0 Å². The minimum Gasteiger partial charge on any atom is -0.319 e. The summed E-state index contributed by atoms with van der Waals surface area (Å²) in [7, 11) is 1.94. The number of nitriles is 1. The van der Waals surface area contributed by atoms with E-state index in [-0.39, 0.29) is 0 Å². The average molecular weight is 200 g/mol. The Balaban J connectivity index is 2.76. The molecule has 0 amide bonds. The van der Waals surface area contributed by atoms with Gasteiger partial charge in [0.05, 0.1) is 11.6 Å². The summed E-state index contributed by atoms with van der Waals surface area (Å²) in [5.41, 5.74) is 3.05. The van der Waals surface area contributed by atoms with Gasteiger partial charge in [0.2, 0.25) is 0 Å². The summed E-state index contributed by atoms with van der Waals surface area (Å²) in [6.45, 7) is 3.03. The fourth-order valence-electron chi connectivity index (χ4n) is 1.33. The molecule has 0 atom stereocenters. The van der Waals surface area contributed by atoms with Crippen molar-refractivity contribution in [2.24, 2.45) is 0 Å². The predicted octanol–water partition coefficient (Wildman–Crippen LogP) is 2.49. The van der Waals surface area contributed by atoms with Crippen LogP contribution in [0.1, 0.15) is 23.1 Å². The standard InChI is InChI=1S/C13H16N2/c1-11-6-7-12(10-14)9-13(11)5-3-4-8-15-2/h3,5-7,9,15H,4,8H2,1-2H3. The molecule has 2 nitrogen and oxygen atoms in total. The molecular weight excluding hydrogens is 184 g/mol. The fraction of sp³-hybridized carbons (Fsp3) is 0.308. The van der Waals surface area contributed by atoms with Crippen molar-refractivity contribution in [2.45, 2.75) is 13.3 Å². The third-order valence-electron chi connectivity index (χ3n) is 2.27. The first-order valence-electron chi connectivity index (χ1n) is 5.10. The molecule has 1 N–H and O–H groups in total. The second-order valence-electron chi connectivity index (χ2n) is 3.48. The molecule has 0 aromatic heterocycles. The van der Waals surface area contributed by atoms with Gasteiger partial charge >= 0.3 is 0 Å². The molecular formula is C13H16N2. The van der Waals surface area contributed by atoms with Crippen molar-refractivity contribution in [3.8, 4) is 6.07 Å². The smallest absolute Gasteiger partial charge is 0.0991 e. The fourth-order valence-corrected chi connectivity index (χ4v) is 1.33. The Labute approximate surface area is 91.2 Å². The van der Waals surface area contributed by atoms with Crippen LogP contribution in [0.15, 0.2) is 24.3 Å². The molecule has 15 heavy (non-hydrogen) atoms. The van der Waals surface area contributed by atoms with Crippen molar-refractivity contribution >= 4 is 6.08 Å². The molecule has 0 saturated carbocycles. The molecule has 0 aliphatic carbocycles. The third kappa shape index (κ3) is 3.57. The summed E-state index contributed by atoms with van der Waals surface area (Å²) >= 11 is 0. The van der Waals surface area contributed by atoms with E-state index in [1.54, 1.807) is 0 Å². The van der Waals surface area contributed by atoms with Gasteiger partial charge in [0.25, 0.3) is 0 Å². The zero-order valence-electron chi connectivity index (χ0n) is 9.25. The summed E-state index contributed by atoms with van der Waals surface area (Å²) in [6.07, 6.45) is 5.21. The minimum absolute atomic E-state index is 0.717. The average Bonchev–Trinajstić information content (AvgIpc) is 2.26. The van der Waals surface area contributed by atoms with E-state index in [4.69, 9.17) is 5.26 Å². The molecule has 1 rings (SSSR count). The van der Waals surface area contributed by atoms with E-state index in [0.717, 1.165) is 18.5 Å². The molecule has 0 heterocycles. The lowest BCUT2D eigenvalue weighted by Crippen LogP contribution is -2.05. The highest BCUT2D eigenvalue weighted by Crippen LogP contribution is 2.12. The minimum atomic E-state index is 0.717. The first-order valence-corrected chi connectivity index (χ1v) is 5.10. The van der Waals surface area contributed by atoms with Crippen molar-refractivity contribution < 1.29 is 0 Å². The molecule has 0 radical (unpaired) electrons. The molecule has 0 spiro atoms. The quantitative estimate of drug-likeness (QED) is 0.758. The van der Waals surface area contributed by atoms with Crippen molar-refractivity contribution in [1.29, 1.82) is 5.26 Å². The van der Waals surface area contributed by atoms with Gasteiger partial charge in [0, 0.05) is 0 Å². The number of rotatable bonds is 4. The monoisotopic (exact) mass is 200 g/mol. The van der Waals surface area contributed by atoms with Crippen molar-refractivity contribution in [3.05, 3.63) is 41.0 Å². The Kier molecular flexibility index (Phi) is 4.59. The Morgan fingerprint density at radius 2 is 2.27 bits per heavy atom. The molecule has 1 aromatic rings. The van der Waals surface area contributed by atoms with Crippen LogP contribution in [0.3, 0.4) is 0 Å². The first-order chi connectivity index (χ1) is 7.27. The summed E-state index contributed by atoms with van der Waals surface area (Å²) in [4.78, 5) is 0. The van der Waals surface area contributed by atoms with Gasteiger partial charge in [-0.2, -0.15) is 5.26 Å². The normalized spacial score (nSPS) is 10.5. The third-order valence-corrected chi connectivity index (χ3v) is 2.27. The highest BCUT2D eigenvalue weighted by Gasteiger charge is 1.95. The predicted molar refractivity (Wildman–Crippen MR) is 63.5 cm³/mol. The van der Waals surface area contributed by atoms with Crippen molar-refractivity contribution in [1.82, 2.24) is 5.32 Å². The molecule has 2 heteroatoms. The van der Waals surface area contributed by atoms with Crippen LogP contribution in [0.4, 0.5) is 0 Å². The Hall–Kier alpha value is -1.59. The van der Waals surface area contributed by atoms with Crippen LogP contribution in [-0.2, 0) is 0 Å². The number of nitrogens with one attached hydrogen (secondary N) is 1. The van der Waals surface area contributed by atoms with Gasteiger partial charge in [0.15, 0.2) is 0 Å². The second kappa shape index (κ2) is 6.00. The first kappa shape index (κ1) is 11.5. The summed E-state index contributed by atoms with van der Waals surface area (Å²) in [5, 5.41) is 11.9.